The summed E-state index contributed by atoms with van der Waals surface area (Å²) in [6.45, 7) is 1.80. The highest BCUT2D eigenvalue weighted by Crippen LogP contribution is 2.15. The second-order valence-electron chi connectivity index (χ2n) is 4.50. The predicted molar refractivity (Wildman–Crippen MR) is 68.5 cm³/mol. The van der Waals surface area contributed by atoms with Crippen LogP contribution in [-0.4, -0.2) is 35.2 Å². The summed E-state index contributed by atoms with van der Waals surface area (Å²) >= 11 is 0. The molecule has 1 amide bonds. The van der Waals surface area contributed by atoms with E-state index in [0.717, 1.165) is 25.1 Å². The molecule has 0 saturated carbocycles. The van der Waals surface area contributed by atoms with Gasteiger partial charge in [-0.3, -0.25) is 4.79 Å². The first-order valence-corrected chi connectivity index (χ1v) is 6.21. The Morgan fingerprint density at radius 1 is 1.37 bits per heavy atom. The molecule has 1 saturated heterocycles. The molecule has 1 aliphatic heterocycles. The lowest BCUT2D eigenvalue weighted by Gasteiger charge is -2.11. The summed E-state index contributed by atoms with van der Waals surface area (Å²) in [5.74, 6) is 0.473. The lowest BCUT2D eigenvalue weighted by atomic mass is 10.1. The van der Waals surface area contributed by atoms with Gasteiger partial charge < -0.3 is 15.2 Å². The van der Waals surface area contributed by atoms with Crippen LogP contribution in [0.5, 0.6) is 0 Å². The topological polar surface area (TPSA) is 80.0 Å². The van der Waals surface area contributed by atoms with Gasteiger partial charge in [0.05, 0.1) is 0 Å². The molecule has 0 radical (unpaired) electrons. The third-order valence-electron chi connectivity index (χ3n) is 3.16. The molecule has 1 atom stereocenters. The van der Waals surface area contributed by atoms with Crippen LogP contribution in [0.4, 0.5) is 0 Å². The van der Waals surface area contributed by atoms with Gasteiger partial charge in [0.1, 0.15) is 0 Å². The van der Waals surface area contributed by atoms with E-state index in [1.807, 2.05) is 12.1 Å². The Morgan fingerprint density at radius 3 is 2.84 bits per heavy atom. The van der Waals surface area contributed by atoms with Crippen molar-refractivity contribution in [2.45, 2.75) is 12.5 Å². The maximum absolute atomic E-state index is 12.0. The molecule has 19 heavy (non-hydrogen) atoms. The summed E-state index contributed by atoms with van der Waals surface area (Å²) < 4.78 is 4.69. The van der Waals surface area contributed by atoms with Crippen molar-refractivity contribution >= 4 is 5.91 Å². The number of aromatic nitrogens is 2. The van der Waals surface area contributed by atoms with Crippen LogP contribution in [-0.2, 0) is 0 Å². The van der Waals surface area contributed by atoms with Crippen molar-refractivity contribution in [2.24, 2.45) is 0 Å². The maximum atomic E-state index is 12.0. The minimum absolute atomic E-state index is 0.0478. The van der Waals surface area contributed by atoms with E-state index in [2.05, 4.69) is 25.3 Å². The molecule has 1 aromatic heterocycles. The van der Waals surface area contributed by atoms with Gasteiger partial charge in [-0.15, -0.1) is 0 Å². The van der Waals surface area contributed by atoms with Gasteiger partial charge in [-0.1, -0.05) is 17.3 Å². The van der Waals surface area contributed by atoms with Crippen LogP contribution < -0.4 is 10.6 Å². The standard InChI is InChI=1S/C13H14N4O2/c18-13(16-11-5-6-14-7-11)10-3-1-9(2-4-10)12-15-8-19-17-12/h1-4,8,11,14H,5-7H2,(H,16,18). The summed E-state index contributed by atoms with van der Waals surface area (Å²) in [6, 6.07) is 7.39. The highest BCUT2D eigenvalue weighted by molar-refractivity contribution is 5.94. The van der Waals surface area contributed by atoms with Gasteiger partial charge in [-0.05, 0) is 25.1 Å². The zero-order chi connectivity index (χ0) is 13.1. The largest absolute Gasteiger partial charge is 0.348 e. The number of amides is 1. The van der Waals surface area contributed by atoms with E-state index in [4.69, 9.17) is 0 Å². The fourth-order valence-corrected chi connectivity index (χ4v) is 2.12. The summed E-state index contributed by atoms with van der Waals surface area (Å²) in [7, 11) is 0. The monoisotopic (exact) mass is 258 g/mol. The third kappa shape index (κ3) is 2.63. The molecule has 1 aliphatic rings. The molecule has 2 N–H and O–H groups in total. The Bertz CT molecular complexity index is 545. The van der Waals surface area contributed by atoms with Crippen molar-refractivity contribution in [2.75, 3.05) is 13.1 Å². The SMILES string of the molecule is O=C(NC1CCNC1)c1ccc(-c2ncon2)cc1. The van der Waals surface area contributed by atoms with Gasteiger partial charge in [0.25, 0.3) is 5.91 Å². The number of rotatable bonds is 3. The second kappa shape index (κ2) is 5.19. The van der Waals surface area contributed by atoms with Crippen molar-refractivity contribution in [3.05, 3.63) is 36.2 Å². The predicted octanol–water partition coefficient (Wildman–Crippen LogP) is 0.828. The van der Waals surface area contributed by atoms with Crippen molar-refractivity contribution in [1.29, 1.82) is 0 Å². The minimum Gasteiger partial charge on any atom is -0.348 e. The van der Waals surface area contributed by atoms with Gasteiger partial charge in [0, 0.05) is 23.7 Å². The first kappa shape index (κ1) is 11.9. The first-order chi connectivity index (χ1) is 9.33. The summed E-state index contributed by atoms with van der Waals surface area (Å²) in [4.78, 5) is 16.0. The third-order valence-corrected chi connectivity index (χ3v) is 3.16. The molecule has 1 aromatic carbocycles. The molecular weight excluding hydrogens is 244 g/mol. The van der Waals surface area contributed by atoms with Gasteiger partial charge in [0.2, 0.25) is 12.2 Å². The molecule has 2 heterocycles. The molecular formula is C13H14N4O2. The summed E-state index contributed by atoms with van der Waals surface area (Å²) in [5.41, 5.74) is 1.46. The van der Waals surface area contributed by atoms with Crippen molar-refractivity contribution in [3.63, 3.8) is 0 Å². The molecule has 98 valence electrons. The minimum atomic E-state index is -0.0478. The number of benzene rings is 1. The van der Waals surface area contributed by atoms with E-state index in [0.29, 0.717) is 11.4 Å². The number of hydrogen-bond acceptors (Lipinski definition) is 5. The molecule has 2 aromatic rings. The second-order valence-corrected chi connectivity index (χ2v) is 4.50. The summed E-state index contributed by atoms with van der Waals surface area (Å²) in [5, 5.41) is 9.96. The number of nitrogens with one attached hydrogen (secondary N) is 2. The van der Waals surface area contributed by atoms with E-state index >= 15 is 0 Å². The molecule has 6 heteroatoms. The van der Waals surface area contributed by atoms with Crippen molar-refractivity contribution in [1.82, 2.24) is 20.8 Å². The van der Waals surface area contributed by atoms with Gasteiger partial charge in [0.15, 0.2) is 0 Å². The van der Waals surface area contributed by atoms with Crippen LogP contribution in [0.1, 0.15) is 16.8 Å². The quantitative estimate of drug-likeness (QED) is 0.852. The van der Waals surface area contributed by atoms with Gasteiger partial charge in [-0.2, -0.15) is 4.98 Å². The van der Waals surface area contributed by atoms with Crippen molar-refractivity contribution in [3.8, 4) is 11.4 Å². The van der Waals surface area contributed by atoms with Crippen LogP contribution >= 0.6 is 0 Å². The number of nitrogens with zero attached hydrogens (tertiary/aromatic N) is 2. The van der Waals surface area contributed by atoms with Crippen LogP contribution in [0.25, 0.3) is 11.4 Å². The number of hydrogen-bond donors (Lipinski definition) is 2. The molecule has 1 unspecified atom stereocenters. The molecule has 0 bridgehead atoms. The van der Waals surface area contributed by atoms with E-state index in [9.17, 15) is 4.79 Å². The lowest BCUT2D eigenvalue weighted by Crippen LogP contribution is -2.36. The zero-order valence-corrected chi connectivity index (χ0v) is 10.3. The highest BCUT2D eigenvalue weighted by atomic mass is 16.5. The Balaban J connectivity index is 1.69. The molecule has 1 fully saturated rings. The molecule has 3 rings (SSSR count). The average molecular weight is 258 g/mol. The van der Waals surface area contributed by atoms with Crippen molar-refractivity contribution < 1.29 is 9.32 Å². The Hall–Kier alpha value is -2.21. The van der Waals surface area contributed by atoms with E-state index < -0.39 is 0 Å². The van der Waals surface area contributed by atoms with Gasteiger partial charge >= 0.3 is 0 Å². The normalized spacial score (nSPS) is 18.4. The maximum Gasteiger partial charge on any atom is 0.251 e. The summed E-state index contributed by atoms with van der Waals surface area (Å²) in [6.07, 6.45) is 2.26. The number of carbonyl (C=O) groups excluding carboxylic acids is 1. The molecule has 0 spiro atoms. The Morgan fingerprint density at radius 2 is 2.21 bits per heavy atom. The Labute approximate surface area is 110 Å². The average Bonchev–Trinajstić information content (AvgIpc) is 3.12. The van der Waals surface area contributed by atoms with E-state index in [1.165, 1.54) is 6.39 Å². The van der Waals surface area contributed by atoms with Gasteiger partial charge in [-0.25, -0.2) is 0 Å². The fraction of sp³-hybridized carbons (Fsp3) is 0.308. The van der Waals surface area contributed by atoms with Crippen LogP contribution in [0.3, 0.4) is 0 Å². The van der Waals surface area contributed by atoms with Crippen LogP contribution in [0.15, 0.2) is 35.2 Å². The molecule has 6 nitrogen and oxygen atoms in total. The lowest BCUT2D eigenvalue weighted by molar-refractivity contribution is 0.0940. The fourth-order valence-electron chi connectivity index (χ4n) is 2.12. The molecule has 0 aliphatic carbocycles. The zero-order valence-electron chi connectivity index (χ0n) is 10.3. The smallest absolute Gasteiger partial charge is 0.251 e. The highest BCUT2D eigenvalue weighted by Gasteiger charge is 2.17. The number of carbonyl (C=O) groups is 1. The van der Waals surface area contributed by atoms with Crippen LogP contribution in [0, 0.1) is 0 Å². The van der Waals surface area contributed by atoms with E-state index in [-0.39, 0.29) is 11.9 Å². The van der Waals surface area contributed by atoms with E-state index in [1.54, 1.807) is 12.1 Å². The Kier molecular flexibility index (Phi) is 3.24. The first-order valence-electron chi connectivity index (χ1n) is 6.21. The van der Waals surface area contributed by atoms with Crippen LogP contribution in [0.2, 0.25) is 0 Å².